The van der Waals surface area contributed by atoms with Crippen molar-refractivity contribution in [2.45, 2.75) is 20.4 Å². The van der Waals surface area contributed by atoms with Crippen molar-refractivity contribution in [2.24, 2.45) is 0 Å². The number of benzene rings is 2. The summed E-state index contributed by atoms with van der Waals surface area (Å²) in [6.07, 6.45) is 0. The number of hydrogen-bond donors (Lipinski definition) is 2. The molecule has 0 aliphatic rings. The maximum Gasteiger partial charge on any atom is 0.175 e. The van der Waals surface area contributed by atoms with E-state index < -0.39 is 0 Å². The zero-order chi connectivity index (χ0) is 18.7. The molecule has 134 valence electrons. The molecular weight excluding hydrogens is 387 g/mol. The number of thiocarbonyl (C=S) groups is 1. The molecule has 7 heteroatoms. The fourth-order valence-electron chi connectivity index (χ4n) is 2.65. The molecule has 2 N–H and O–H groups in total. The third-order valence-corrected chi connectivity index (χ3v) is 4.74. The minimum Gasteiger partial charge on any atom is -0.331 e. The lowest BCUT2D eigenvalue weighted by Crippen LogP contribution is -2.20. The molecule has 0 bridgehead atoms. The highest BCUT2D eigenvalue weighted by Gasteiger charge is 2.13. The van der Waals surface area contributed by atoms with Crippen LogP contribution in [-0.4, -0.2) is 14.9 Å². The molecule has 0 aliphatic heterocycles. The normalized spacial score (nSPS) is 10.6. The lowest BCUT2D eigenvalue weighted by atomic mass is 10.2. The quantitative estimate of drug-likeness (QED) is 0.550. The van der Waals surface area contributed by atoms with Crippen molar-refractivity contribution < 1.29 is 0 Å². The van der Waals surface area contributed by atoms with Gasteiger partial charge in [0.25, 0.3) is 0 Å². The SMILES string of the molecule is Cc1nn(Cc2ccccc2)c(C)c1NC(=S)Nc1cc(Cl)ccc1Cl. The van der Waals surface area contributed by atoms with Crippen LogP contribution in [0, 0.1) is 13.8 Å². The molecule has 26 heavy (non-hydrogen) atoms. The molecule has 0 atom stereocenters. The topological polar surface area (TPSA) is 41.9 Å². The van der Waals surface area contributed by atoms with Crippen molar-refractivity contribution in [2.75, 3.05) is 10.6 Å². The average molecular weight is 405 g/mol. The van der Waals surface area contributed by atoms with Crippen LogP contribution >= 0.6 is 35.4 Å². The van der Waals surface area contributed by atoms with E-state index in [-0.39, 0.29) is 0 Å². The van der Waals surface area contributed by atoms with E-state index in [0.29, 0.717) is 27.4 Å². The maximum atomic E-state index is 6.18. The summed E-state index contributed by atoms with van der Waals surface area (Å²) in [4.78, 5) is 0. The number of nitrogens with one attached hydrogen (secondary N) is 2. The van der Waals surface area contributed by atoms with Gasteiger partial charge in [-0.25, -0.2) is 0 Å². The van der Waals surface area contributed by atoms with Crippen LogP contribution in [-0.2, 0) is 6.54 Å². The van der Waals surface area contributed by atoms with Crippen molar-refractivity contribution in [1.29, 1.82) is 0 Å². The number of halogens is 2. The van der Waals surface area contributed by atoms with E-state index in [1.807, 2.05) is 36.7 Å². The second-order valence-corrected chi connectivity index (χ2v) is 7.14. The van der Waals surface area contributed by atoms with E-state index in [2.05, 4.69) is 27.9 Å². The predicted molar refractivity (Wildman–Crippen MR) is 114 cm³/mol. The molecule has 1 aromatic heterocycles. The summed E-state index contributed by atoms with van der Waals surface area (Å²) in [6.45, 7) is 4.67. The highest BCUT2D eigenvalue weighted by atomic mass is 35.5. The largest absolute Gasteiger partial charge is 0.331 e. The Morgan fingerprint density at radius 1 is 1.08 bits per heavy atom. The van der Waals surface area contributed by atoms with Gasteiger partial charge in [0.15, 0.2) is 5.11 Å². The lowest BCUT2D eigenvalue weighted by molar-refractivity contribution is 0.659. The van der Waals surface area contributed by atoms with Crippen molar-refractivity contribution in [3.05, 3.63) is 75.5 Å². The number of nitrogens with zero attached hydrogens (tertiary/aromatic N) is 2. The first kappa shape index (κ1) is 18.7. The first-order chi connectivity index (χ1) is 12.4. The van der Waals surface area contributed by atoms with Crippen LogP contribution < -0.4 is 10.6 Å². The molecule has 0 amide bonds. The van der Waals surface area contributed by atoms with Crippen molar-refractivity contribution in [1.82, 2.24) is 9.78 Å². The summed E-state index contributed by atoms with van der Waals surface area (Å²) in [5.74, 6) is 0. The van der Waals surface area contributed by atoms with Gasteiger partial charge in [0, 0.05) is 5.02 Å². The van der Waals surface area contributed by atoms with E-state index >= 15 is 0 Å². The smallest absolute Gasteiger partial charge is 0.175 e. The molecule has 0 fully saturated rings. The minimum absolute atomic E-state index is 0.430. The van der Waals surface area contributed by atoms with Gasteiger partial charge < -0.3 is 10.6 Å². The van der Waals surface area contributed by atoms with Crippen LogP contribution in [0.3, 0.4) is 0 Å². The van der Waals surface area contributed by atoms with Gasteiger partial charge in [0.05, 0.1) is 34.3 Å². The molecule has 3 rings (SSSR count). The van der Waals surface area contributed by atoms with Crippen LogP contribution in [0.4, 0.5) is 11.4 Å². The van der Waals surface area contributed by atoms with E-state index in [1.54, 1.807) is 18.2 Å². The summed E-state index contributed by atoms with van der Waals surface area (Å²) < 4.78 is 1.96. The monoisotopic (exact) mass is 404 g/mol. The van der Waals surface area contributed by atoms with Crippen molar-refractivity contribution in [3.63, 3.8) is 0 Å². The highest BCUT2D eigenvalue weighted by molar-refractivity contribution is 7.80. The van der Waals surface area contributed by atoms with Crippen LogP contribution in [0.5, 0.6) is 0 Å². The zero-order valence-electron chi connectivity index (χ0n) is 14.4. The van der Waals surface area contributed by atoms with Gasteiger partial charge in [-0.15, -0.1) is 0 Å². The Hall–Kier alpha value is -2.08. The summed E-state index contributed by atoms with van der Waals surface area (Å²) in [7, 11) is 0. The second kappa shape index (κ2) is 8.08. The van der Waals surface area contributed by atoms with Crippen LogP contribution in [0.2, 0.25) is 10.0 Å². The summed E-state index contributed by atoms with van der Waals surface area (Å²) in [5, 5.41) is 12.5. The Morgan fingerprint density at radius 3 is 2.54 bits per heavy atom. The molecule has 1 heterocycles. The number of aryl methyl sites for hydroxylation is 1. The van der Waals surface area contributed by atoms with Crippen molar-refractivity contribution in [3.8, 4) is 0 Å². The molecule has 0 saturated heterocycles. The molecule has 3 aromatic rings. The first-order valence-corrected chi connectivity index (χ1v) is 9.21. The van der Waals surface area contributed by atoms with Gasteiger partial charge in [-0.1, -0.05) is 53.5 Å². The fraction of sp³-hybridized carbons (Fsp3) is 0.158. The first-order valence-electron chi connectivity index (χ1n) is 8.05. The molecule has 2 aromatic carbocycles. The molecule has 0 aliphatic carbocycles. The van der Waals surface area contributed by atoms with Gasteiger partial charge in [-0.05, 0) is 49.8 Å². The Morgan fingerprint density at radius 2 is 1.81 bits per heavy atom. The zero-order valence-corrected chi connectivity index (χ0v) is 16.7. The summed E-state index contributed by atoms with van der Waals surface area (Å²) >= 11 is 17.6. The molecule has 0 radical (unpaired) electrons. The average Bonchev–Trinajstić information content (AvgIpc) is 2.86. The standard InChI is InChI=1S/C19H18Cl2N4S/c1-12-18(13(2)25(24-12)11-14-6-4-3-5-7-14)23-19(26)22-17-10-15(20)8-9-16(17)21/h3-10H,11H2,1-2H3,(H2,22,23,26). The van der Waals surface area contributed by atoms with Crippen LogP contribution in [0.1, 0.15) is 17.0 Å². The van der Waals surface area contributed by atoms with Crippen LogP contribution in [0.15, 0.2) is 48.5 Å². The van der Waals surface area contributed by atoms with Gasteiger partial charge in [-0.2, -0.15) is 5.10 Å². The third-order valence-electron chi connectivity index (χ3n) is 3.97. The second-order valence-electron chi connectivity index (χ2n) is 5.89. The van der Waals surface area contributed by atoms with Crippen LogP contribution in [0.25, 0.3) is 0 Å². The van der Waals surface area contributed by atoms with Gasteiger partial charge in [0.1, 0.15) is 0 Å². The number of aromatic nitrogens is 2. The van der Waals surface area contributed by atoms with Gasteiger partial charge in [-0.3, -0.25) is 4.68 Å². The highest BCUT2D eigenvalue weighted by Crippen LogP contribution is 2.26. The van der Waals surface area contributed by atoms with Gasteiger partial charge >= 0.3 is 0 Å². The van der Waals surface area contributed by atoms with E-state index in [4.69, 9.17) is 35.4 Å². The van der Waals surface area contributed by atoms with E-state index in [1.165, 1.54) is 5.56 Å². The Kier molecular flexibility index (Phi) is 5.81. The number of rotatable bonds is 4. The van der Waals surface area contributed by atoms with E-state index in [9.17, 15) is 0 Å². The number of hydrogen-bond acceptors (Lipinski definition) is 2. The number of anilines is 2. The Labute approximate surface area is 168 Å². The summed E-state index contributed by atoms with van der Waals surface area (Å²) in [5.41, 5.74) is 4.61. The van der Waals surface area contributed by atoms with Gasteiger partial charge in [0.2, 0.25) is 0 Å². The Bertz CT molecular complexity index is 938. The molecule has 0 unspecified atom stereocenters. The molecular formula is C19H18Cl2N4S. The van der Waals surface area contributed by atoms with E-state index in [0.717, 1.165) is 17.1 Å². The molecule has 0 saturated carbocycles. The lowest BCUT2D eigenvalue weighted by Gasteiger charge is -2.12. The minimum atomic E-state index is 0.430. The molecule has 0 spiro atoms. The predicted octanol–water partition coefficient (Wildman–Crippen LogP) is 5.66. The summed E-state index contributed by atoms with van der Waals surface area (Å²) in [6, 6.07) is 15.4. The Balaban J connectivity index is 1.75. The fourth-order valence-corrected chi connectivity index (χ4v) is 3.20. The molecule has 4 nitrogen and oxygen atoms in total. The maximum absolute atomic E-state index is 6.18. The van der Waals surface area contributed by atoms with Crippen molar-refractivity contribution >= 4 is 51.9 Å². The third kappa shape index (κ3) is 4.36.